The molecule has 1 aliphatic rings. The maximum Gasteiger partial charge on any atom is 0.216 e. The van der Waals surface area contributed by atoms with Crippen LogP contribution in [0.5, 0.6) is 5.75 Å². The third-order valence-corrected chi connectivity index (χ3v) is 4.91. The average molecular weight is 411 g/mol. The Morgan fingerprint density at radius 2 is 1.83 bits per heavy atom. The minimum absolute atomic E-state index is 0.0354. The first-order valence-electron chi connectivity index (χ1n) is 11.0. The molecule has 0 aromatic heterocycles. The van der Waals surface area contributed by atoms with Gasteiger partial charge in [-0.1, -0.05) is 68.8 Å². The summed E-state index contributed by atoms with van der Waals surface area (Å²) in [6.07, 6.45) is 3.00. The van der Waals surface area contributed by atoms with Crippen LogP contribution in [0, 0.1) is 12.3 Å². The van der Waals surface area contributed by atoms with Gasteiger partial charge in [-0.05, 0) is 43.4 Å². The first kappa shape index (κ1) is 23.9. The predicted molar refractivity (Wildman–Crippen MR) is 125 cm³/mol. The van der Waals surface area contributed by atoms with Gasteiger partial charge in [0.1, 0.15) is 5.75 Å². The molecular weight excluding hydrogens is 372 g/mol. The van der Waals surface area contributed by atoms with Crippen molar-refractivity contribution in [3.63, 3.8) is 0 Å². The van der Waals surface area contributed by atoms with Gasteiger partial charge in [-0.3, -0.25) is 4.79 Å². The zero-order valence-corrected chi connectivity index (χ0v) is 19.3. The highest BCUT2D eigenvalue weighted by atomic mass is 16.5. The molecule has 1 atom stereocenters. The van der Waals surface area contributed by atoms with Crippen molar-refractivity contribution in [2.45, 2.75) is 59.9 Å². The Bertz CT molecular complexity index is 781. The normalized spacial score (nSPS) is 15.3. The molecule has 164 valence electrons. The second-order valence-electron chi connectivity index (χ2n) is 9.24. The van der Waals surface area contributed by atoms with E-state index in [1.807, 2.05) is 18.2 Å². The highest BCUT2D eigenvalue weighted by molar-refractivity contribution is 5.72. The maximum atomic E-state index is 10.9. The van der Waals surface area contributed by atoms with Crippen LogP contribution in [0.1, 0.15) is 63.3 Å². The number of fused-ring (bicyclic) bond motifs is 1. The van der Waals surface area contributed by atoms with Crippen molar-refractivity contribution < 1.29 is 9.53 Å². The Hall–Kier alpha value is -2.33. The molecule has 0 aliphatic carbocycles. The third kappa shape index (κ3) is 9.00. The molecule has 3 rings (SSSR count). The number of benzene rings is 2. The van der Waals surface area contributed by atoms with Crippen LogP contribution in [-0.2, 0) is 11.2 Å². The quantitative estimate of drug-likeness (QED) is 0.643. The molecule has 0 radical (unpaired) electrons. The van der Waals surface area contributed by atoms with E-state index in [1.54, 1.807) is 6.92 Å². The van der Waals surface area contributed by atoms with Crippen molar-refractivity contribution in [2.75, 3.05) is 19.7 Å². The minimum atomic E-state index is 0.0354. The number of carbonyl (C=O) groups is 1. The summed E-state index contributed by atoms with van der Waals surface area (Å²) in [5.74, 6) is 1.04. The molecule has 2 N–H and O–H groups in total. The minimum Gasteiger partial charge on any atom is -0.493 e. The van der Waals surface area contributed by atoms with Crippen LogP contribution in [0.3, 0.4) is 0 Å². The van der Waals surface area contributed by atoms with Crippen LogP contribution in [-0.4, -0.2) is 25.6 Å². The molecule has 2 aromatic carbocycles. The molecule has 2 aromatic rings. The van der Waals surface area contributed by atoms with E-state index in [4.69, 9.17) is 4.74 Å². The van der Waals surface area contributed by atoms with Gasteiger partial charge in [0, 0.05) is 31.5 Å². The van der Waals surface area contributed by atoms with Crippen LogP contribution < -0.4 is 15.4 Å². The van der Waals surface area contributed by atoms with Gasteiger partial charge in [-0.25, -0.2) is 0 Å². The molecule has 1 aliphatic heterocycles. The SMILES string of the molecule is CC(=O)NCCCNC1CCOc2ccc(CC(C)(C)C)cc21.Cc1ccccc1. The fourth-order valence-corrected chi connectivity index (χ4v) is 3.54. The highest BCUT2D eigenvalue weighted by Crippen LogP contribution is 2.34. The second kappa shape index (κ2) is 11.8. The van der Waals surface area contributed by atoms with E-state index in [0.717, 1.165) is 44.7 Å². The van der Waals surface area contributed by atoms with Crippen LogP contribution in [0.15, 0.2) is 48.5 Å². The standard InChI is InChI=1S/C19H30N2O2.C7H8/c1-14(22)20-9-5-10-21-17-8-11-23-18-7-6-15(12-16(17)18)13-19(2,3)4;1-7-5-3-2-4-6-7/h6-7,12,17,21H,5,8-11,13H2,1-4H3,(H,20,22);2-6H,1H3. The molecule has 1 amide bonds. The van der Waals surface area contributed by atoms with Crippen molar-refractivity contribution in [1.29, 1.82) is 0 Å². The Labute approximate surface area is 182 Å². The van der Waals surface area contributed by atoms with E-state index in [0.29, 0.717) is 6.04 Å². The van der Waals surface area contributed by atoms with Gasteiger partial charge in [-0.15, -0.1) is 0 Å². The van der Waals surface area contributed by atoms with Crippen molar-refractivity contribution in [1.82, 2.24) is 10.6 Å². The van der Waals surface area contributed by atoms with Gasteiger partial charge in [-0.2, -0.15) is 0 Å². The second-order valence-corrected chi connectivity index (χ2v) is 9.24. The van der Waals surface area contributed by atoms with Crippen molar-refractivity contribution in [2.24, 2.45) is 5.41 Å². The lowest BCUT2D eigenvalue weighted by atomic mass is 9.86. The first-order valence-corrected chi connectivity index (χ1v) is 11.0. The van der Waals surface area contributed by atoms with Gasteiger partial charge in [0.05, 0.1) is 6.61 Å². The number of hydrogen-bond acceptors (Lipinski definition) is 3. The number of amides is 1. The largest absolute Gasteiger partial charge is 0.493 e. The summed E-state index contributed by atoms with van der Waals surface area (Å²) in [5.41, 5.74) is 4.25. The molecule has 0 spiro atoms. The Balaban J connectivity index is 0.000000386. The number of carbonyl (C=O) groups excluding carboxylic acids is 1. The number of aryl methyl sites for hydroxylation is 1. The molecule has 4 nitrogen and oxygen atoms in total. The molecule has 0 fully saturated rings. The molecule has 0 bridgehead atoms. The number of ether oxygens (including phenoxy) is 1. The van der Waals surface area contributed by atoms with E-state index in [1.165, 1.54) is 16.7 Å². The summed E-state index contributed by atoms with van der Waals surface area (Å²) < 4.78 is 5.80. The molecular formula is C26H38N2O2. The monoisotopic (exact) mass is 410 g/mol. The highest BCUT2D eigenvalue weighted by Gasteiger charge is 2.22. The van der Waals surface area contributed by atoms with Gasteiger partial charge in [0.2, 0.25) is 5.91 Å². The Kier molecular flexibility index (Phi) is 9.38. The van der Waals surface area contributed by atoms with Crippen LogP contribution in [0.4, 0.5) is 0 Å². The average Bonchev–Trinajstić information content (AvgIpc) is 2.67. The molecule has 0 saturated heterocycles. The Morgan fingerprint density at radius 3 is 2.43 bits per heavy atom. The van der Waals surface area contributed by atoms with Crippen molar-refractivity contribution >= 4 is 5.91 Å². The fraction of sp³-hybridized carbons (Fsp3) is 0.500. The number of rotatable bonds is 6. The van der Waals surface area contributed by atoms with Crippen LogP contribution >= 0.6 is 0 Å². The zero-order valence-electron chi connectivity index (χ0n) is 19.3. The van der Waals surface area contributed by atoms with Crippen LogP contribution in [0.25, 0.3) is 0 Å². The number of nitrogens with one attached hydrogen (secondary N) is 2. The maximum absolute atomic E-state index is 10.9. The lowest BCUT2D eigenvalue weighted by Crippen LogP contribution is -2.30. The van der Waals surface area contributed by atoms with Crippen molar-refractivity contribution in [3.05, 3.63) is 65.2 Å². The van der Waals surface area contributed by atoms with E-state index in [9.17, 15) is 4.79 Å². The van der Waals surface area contributed by atoms with Crippen molar-refractivity contribution in [3.8, 4) is 5.75 Å². The van der Waals surface area contributed by atoms with Gasteiger partial charge < -0.3 is 15.4 Å². The molecule has 4 heteroatoms. The van der Waals surface area contributed by atoms with Crippen LogP contribution in [0.2, 0.25) is 0 Å². The summed E-state index contributed by atoms with van der Waals surface area (Å²) in [6, 6.07) is 17.2. The summed E-state index contributed by atoms with van der Waals surface area (Å²) in [4.78, 5) is 10.9. The summed E-state index contributed by atoms with van der Waals surface area (Å²) in [7, 11) is 0. The molecule has 30 heavy (non-hydrogen) atoms. The first-order chi connectivity index (χ1) is 14.2. The molecule has 1 unspecified atom stereocenters. The topological polar surface area (TPSA) is 50.4 Å². The summed E-state index contributed by atoms with van der Waals surface area (Å²) in [5, 5.41) is 6.44. The fourth-order valence-electron chi connectivity index (χ4n) is 3.54. The van der Waals surface area contributed by atoms with Gasteiger partial charge >= 0.3 is 0 Å². The smallest absolute Gasteiger partial charge is 0.216 e. The van der Waals surface area contributed by atoms with Gasteiger partial charge in [0.15, 0.2) is 0 Å². The molecule has 1 heterocycles. The van der Waals surface area contributed by atoms with E-state index >= 15 is 0 Å². The van der Waals surface area contributed by atoms with E-state index in [2.05, 4.69) is 68.7 Å². The van der Waals surface area contributed by atoms with E-state index < -0.39 is 0 Å². The summed E-state index contributed by atoms with van der Waals surface area (Å²) >= 11 is 0. The van der Waals surface area contributed by atoms with E-state index in [-0.39, 0.29) is 11.3 Å². The third-order valence-electron chi connectivity index (χ3n) is 4.91. The lowest BCUT2D eigenvalue weighted by molar-refractivity contribution is -0.118. The zero-order chi connectivity index (χ0) is 22.0. The number of hydrogen-bond donors (Lipinski definition) is 2. The molecule has 0 saturated carbocycles. The lowest BCUT2D eigenvalue weighted by Gasteiger charge is -2.28. The predicted octanol–water partition coefficient (Wildman–Crippen LogP) is 5.21. The van der Waals surface area contributed by atoms with Gasteiger partial charge in [0.25, 0.3) is 0 Å². The Morgan fingerprint density at radius 1 is 1.10 bits per heavy atom. The summed E-state index contributed by atoms with van der Waals surface area (Å²) in [6.45, 7) is 12.8.